The van der Waals surface area contributed by atoms with Crippen molar-refractivity contribution in [2.45, 2.75) is 34.4 Å². The van der Waals surface area contributed by atoms with Gasteiger partial charge in [-0.2, -0.15) is 0 Å². The Hall–Kier alpha value is -2.09. The number of sulfone groups is 1. The van der Waals surface area contributed by atoms with E-state index in [9.17, 15) is 12.6 Å². The van der Waals surface area contributed by atoms with Gasteiger partial charge in [0.2, 0.25) is 0 Å². The Morgan fingerprint density at radius 1 is 1.28 bits per heavy atom. The molecule has 1 aromatic heterocycles. The number of aryl methyl sites for hydroxylation is 1. The van der Waals surface area contributed by atoms with Gasteiger partial charge in [-0.3, -0.25) is 9.20 Å². The molecule has 1 aromatic carbocycles. The first-order valence-corrected chi connectivity index (χ1v) is 12.3. The van der Waals surface area contributed by atoms with Crippen molar-refractivity contribution >= 4 is 44.0 Å². The first kappa shape index (κ1) is 21.6. The third-order valence-electron chi connectivity index (χ3n) is 4.86. The van der Waals surface area contributed by atoms with E-state index < -0.39 is 31.4 Å². The van der Waals surface area contributed by atoms with Gasteiger partial charge in [-0.15, -0.1) is 0 Å². The summed E-state index contributed by atoms with van der Waals surface area (Å²) in [4.78, 5) is 9.37. The highest BCUT2D eigenvalue weighted by Gasteiger charge is 2.45. The number of benzene rings is 1. The smallest absolute Gasteiger partial charge is 0.188 e. The molecule has 1 aliphatic heterocycles. The largest absolute Gasteiger partial charge is 0.281 e. The normalized spacial score (nSPS) is 20.6. The van der Waals surface area contributed by atoms with Crippen LogP contribution >= 0.6 is 11.6 Å². The number of hydrogen-bond acceptors (Lipinski definition) is 5. The summed E-state index contributed by atoms with van der Waals surface area (Å²) in [5, 5.41) is -0.839. The van der Waals surface area contributed by atoms with Crippen LogP contribution in [0.5, 0.6) is 0 Å². The van der Waals surface area contributed by atoms with Crippen molar-refractivity contribution in [3.05, 3.63) is 71.5 Å². The molecule has 0 amide bonds. The first-order valence-electron chi connectivity index (χ1n) is 8.79. The van der Waals surface area contributed by atoms with Gasteiger partial charge in [0, 0.05) is 17.4 Å². The molecule has 3 rings (SSSR count). The van der Waals surface area contributed by atoms with Crippen molar-refractivity contribution < 1.29 is 12.6 Å². The molecule has 2 aromatic rings. The summed E-state index contributed by atoms with van der Waals surface area (Å²) < 4.78 is 39.3. The van der Waals surface area contributed by atoms with Crippen LogP contribution < -0.4 is 0 Å². The van der Waals surface area contributed by atoms with Gasteiger partial charge in [0.25, 0.3) is 0 Å². The van der Waals surface area contributed by atoms with Crippen molar-refractivity contribution in [1.29, 1.82) is 0 Å². The maximum absolute atomic E-state index is 13.8. The van der Waals surface area contributed by atoms with E-state index in [1.54, 1.807) is 68.8 Å². The molecule has 29 heavy (non-hydrogen) atoms. The Balaban J connectivity index is 2.17. The van der Waals surface area contributed by atoms with Crippen LogP contribution in [0.3, 0.4) is 0 Å². The number of rotatable bonds is 6. The number of hydrogen-bond donors (Lipinski definition) is 0. The molecule has 1 aliphatic rings. The van der Waals surface area contributed by atoms with E-state index in [0.717, 1.165) is 0 Å². The highest BCUT2D eigenvalue weighted by Crippen LogP contribution is 2.38. The molecule has 0 spiro atoms. The molecular formula is C21H21ClN2O3S2. The molecule has 8 heteroatoms. The number of halogens is 1. The maximum atomic E-state index is 13.8. The Labute approximate surface area is 178 Å². The van der Waals surface area contributed by atoms with E-state index >= 15 is 0 Å². The van der Waals surface area contributed by atoms with E-state index in [1.165, 1.54) is 6.07 Å². The van der Waals surface area contributed by atoms with Gasteiger partial charge in [-0.1, -0.05) is 30.3 Å². The Bertz CT molecular complexity index is 1160. The second-order valence-electron chi connectivity index (χ2n) is 7.04. The fraction of sp³-hybridized carbons (Fsp3) is 0.238. The molecule has 0 radical (unpaired) electrons. The second-order valence-corrected chi connectivity index (χ2v) is 10.8. The first-order chi connectivity index (χ1) is 13.6. The van der Waals surface area contributed by atoms with Crippen LogP contribution in [-0.2, 0) is 20.6 Å². The van der Waals surface area contributed by atoms with Gasteiger partial charge >= 0.3 is 0 Å². The Morgan fingerprint density at radius 2 is 2.00 bits per heavy atom. The molecule has 0 aliphatic carbocycles. The van der Waals surface area contributed by atoms with Crippen LogP contribution in [0.2, 0.25) is 5.15 Å². The number of aliphatic imine (C=N–C) groups is 1. The minimum atomic E-state index is -3.91. The van der Waals surface area contributed by atoms with Gasteiger partial charge in [0.05, 0.1) is 26.9 Å². The summed E-state index contributed by atoms with van der Waals surface area (Å²) in [7, 11) is -5.12. The molecule has 0 bridgehead atoms. The number of pyridine rings is 1. The minimum Gasteiger partial charge on any atom is -0.281 e. The highest BCUT2D eigenvalue weighted by atomic mass is 35.5. The topological polar surface area (TPSA) is 76.5 Å². The zero-order valence-corrected chi connectivity index (χ0v) is 18.7. The van der Waals surface area contributed by atoms with Crippen LogP contribution in [-0.4, -0.2) is 40.9 Å². The van der Waals surface area contributed by atoms with E-state index in [1.807, 2.05) is 0 Å². The van der Waals surface area contributed by atoms with Crippen molar-refractivity contribution in [3.63, 3.8) is 0 Å². The number of nitrogens with zero attached hydrogens (tertiary/aromatic N) is 2. The lowest BCUT2D eigenvalue weighted by molar-refractivity contribution is 0.550. The molecule has 0 saturated carbocycles. The van der Waals surface area contributed by atoms with E-state index in [-0.39, 0.29) is 10.0 Å². The van der Waals surface area contributed by atoms with Crippen molar-refractivity contribution in [3.8, 4) is 0 Å². The van der Waals surface area contributed by atoms with E-state index in [2.05, 4.69) is 16.6 Å². The molecule has 152 valence electrons. The Morgan fingerprint density at radius 3 is 2.55 bits per heavy atom. The third-order valence-corrected chi connectivity index (χ3v) is 8.44. The molecule has 5 nitrogen and oxygen atoms in total. The molecule has 3 unspecified atom stereocenters. The van der Waals surface area contributed by atoms with Crippen LogP contribution in [0.25, 0.3) is 5.57 Å². The predicted molar refractivity (Wildman–Crippen MR) is 119 cm³/mol. The zero-order valence-electron chi connectivity index (χ0n) is 16.3. The summed E-state index contributed by atoms with van der Waals surface area (Å²) in [5.41, 5.74) is 0.304. The average Bonchev–Trinajstić information content (AvgIpc) is 3.08. The van der Waals surface area contributed by atoms with Gasteiger partial charge in [0.1, 0.15) is 10.4 Å². The van der Waals surface area contributed by atoms with Gasteiger partial charge in [-0.25, -0.2) is 13.4 Å². The van der Waals surface area contributed by atoms with Crippen LogP contribution in [0.15, 0.2) is 69.9 Å². The SMILES string of the molecule is C=C(c1cccc(Cl)n1)C(C1(C)C=CC=N1)S(=O)(=O)c1ccc(S(C)=O)c(C)c1. The fourth-order valence-electron chi connectivity index (χ4n) is 3.47. The van der Waals surface area contributed by atoms with Crippen LogP contribution in [0, 0.1) is 6.92 Å². The fourth-order valence-corrected chi connectivity index (χ4v) is 6.54. The molecule has 2 heterocycles. The Kier molecular flexibility index (Phi) is 5.94. The summed E-state index contributed by atoms with van der Waals surface area (Å²) >= 11 is 6.01. The predicted octanol–water partition coefficient (Wildman–Crippen LogP) is 4.04. The van der Waals surface area contributed by atoms with Gasteiger partial charge in [-0.05, 0) is 61.4 Å². The van der Waals surface area contributed by atoms with E-state index in [0.29, 0.717) is 21.7 Å². The zero-order chi connectivity index (χ0) is 21.4. The molecule has 0 N–H and O–H groups in total. The van der Waals surface area contributed by atoms with Crippen LogP contribution in [0.4, 0.5) is 0 Å². The monoisotopic (exact) mass is 448 g/mol. The number of allylic oxidation sites excluding steroid dienone is 1. The second kappa shape index (κ2) is 7.97. The molecular weight excluding hydrogens is 428 g/mol. The maximum Gasteiger partial charge on any atom is 0.188 e. The average molecular weight is 449 g/mol. The van der Waals surface area contributed by atoms with E-state index in [4.69, 9.17) is 11.6 Å². The van der Waals surface area contributed by atoms with Crippen molar-refractivity contribution in [1.82, 2.24) is 4.98 Å². The summed E-state index contributed by atoms with van der Waals surface area (Å²) in [6, 6.07) is 9.61. The lowest BCUT2D eigenvalue weighted by Crippen LogP contribution is -2.41. The summed E-state index contributed by atoms with van der Waals surface area (Å²) in [5.74, 6) is 0. The highest BCUT2D eigenvalue weighted by molar-refractivity contribution is 7.92. The lowest BCUT2D eigenvalue weighted by Gasteiger charge is -2.31. The third kappa shape index (κ3) is 4.13. The molecule has 0 fully saturated rings. The van der Waals surface area contributed by atoms with Gasteiger partial charge < -0.3 is 0 Å². The lowest BCUT2D eigenvalue weighted by atomic mass is 9.92. The summed E-state index contributed by atoms with van der Waals surface area (Å²) in [6.07, 6.45) is 6.60. The van der Waals surface area contributed by atoms with Gasteiger partial charge in [0.15, 0.2) is 9.84 Å². The van der Waals surface area contributed by atoms with Crippen molar-refractivity contribution in [2.75, 3.05) is 6.26 Å². The standard InChI is InChI=1S/C21H21ClN2O3S2/c1-14-13-16(9-10-18(14)28(4)25)29(26,27)20(21(3)11-6-12-23-21)15(2)17-7-5-8-19(22)24-17/h5-13,20H,2H2,1,3-4H3. The number of aromatic nitrogens is 1. The van der Waals surface area contributed by atoms with Crippen molar-refractivity contribution in [2.24, 2.45) is 4.99 Å². The molecule has 3 atom stereocenters. The van der Waals surface area contributed by atoms with Crippen LogP contribution in [0.1, 0.15) is 18.2 Å². The molecule has 0 saturated heterocycles. The minimum absolute atomic E-state index is 0.120. The quantitative estimate of drug-likeness (QED) is 0.625. The summed E-state index contributed by atoms with van der Waals surface area (Å²) in [6.45, 7) is 7.55.